The second-order valence-electron chi connectivity index (χ2n) is 7.28. The standard InChI is InChI=1S/C24H27NO5/c1-3-4-8-18-13-23(28)30-24-16(2)21(12-11-19(18)24)29-15-22(27)25-14-20(26)17-9-6-5-7-10-17/h5-7,9-13,20,26H,3-4,8,14-15H2,1-2H3,(H,25,27). The fraction of sp³-hybridized carbons (Fsp3) is 0.333. The number of ether oxygens (including phenoxy) is 1. The molecule has 6 heteroatoms. The number of carbonyl (C=O) groups is 1. The molecular formula is C24H27NO5. The van der Waals surface area contributed by atoms with E-state index in [1.807, 2.05) is 24.3 Å². The van der Waals surface area contributed by atoms with Gasteiger partial charge in [0.05, 0.1) is 6.10 Å². The molecule has 30 heavy (non-hydrogen) atoms. The van der Waals surface area contributed by atoms with E-state index < -0.39 is 6.10 Å². The van der Waals surface area contributed by atoms with E-state index in [1.54, 1.807) is 31.2 Å². The number of nitrogens with one attached hydrogen (secondary N) is 1. The zero-order chi connectivity index (χ0) is 21.5. The van der Waals surface area contributed by atoms with Gasteiger partial charge in [0.2, 0.25) is 0 Å². The molecule has 0 saturated heterocycles. The monoisotopic (exact) mass is 409 g/mol. The molecule has 0 bridgehead atoms. The molecule has 2 N–H and O–H groups in total. The fourth-order valence-corrected chi connectivity index (χ4v) is 3.34. The zero-order valence-electron chi connectivity index (χ0n) is 17.3. The Balaban J connectivity index is 1.65. The maximum absolute atomic E-state index is 12.1. The van der Waals surface area contributed by atoms with Crippen LogP contribution in [0.25, 0.3) is 11.0 Å². The molecule has 0 radical (unpaired) electrons. The molecule has 0 aliphatic heterocycles. The van der Waals surface area contributed by atoms with Crippen LogP contribution in [0.4, 0.5) is 0 Å². The van der Waals surface area contributed by atoms with Gasteiger partial charge < -0.3 is 19.6 Å². The number of amides is 1. The van der Waals surface area contributed by atoms with Crippen LogP contribution in [-0.4, -0.2) is 24.2 Å². The largest absolute Gasteiger partial charge is 0.483 e. The molecule has 0 saturated carbocycles. The highest BCUT2D eigenvalue weighted by Gasteiger charge is 2.14. The van der Waals surface area contributed by atoms with Crippen molar-refractivity contribution in [1.29, 1.82) is 0 Å². The number of rotatable bonds is 9. The summed E-state index contributed by atoms with van der Waals surface area (Å²) < 4.78 is 11.1. The number of hydrogen-bond acceptors (Lipinski definition) is 5. The van der Waals surface area contributed by atoms with Crippen molar-refractivity contribution < 1.29 is 19.1 Å². The first-order valence-corrected chi connectivity index (χ1v) is 10.2. The lowest BCUT2D eigenvalue weighted by molar-refractivity contribution is -0.123. The van der Waals surface area contributed by atoms with Gasteiger partial charge in [0.15, 0.2) is 6.61 Å². The molecule has 3 aromatic rings. The van der Waals surface area contributed by atoms with Gasteiger partial charge in [-0.1, -0.05) is 43.7 Å². The van der Waals surface area contributed by atoms with Gasteiger partial charge in [-0.2, -0.15) is 0 Å². The number of fused-ring (bicyclic) bond motifs is 1. The van der Waals surface area contributed by atoms with Crippen LogP contribution in [0.15, 0.2) is 57.7 Å². The van der Waals surface area contributed by atoms with Crippen LogP contribution in [0.2, 0.25) is 0 Å². The van der Waals surface area contributed by atoms with Gasteiger partial charge in [0.25, 0.3) is 5.91 Å². The summed E-state index contributed by atoms with van der Waals surface area (Å²) in [5.41, 5.74) is 2.48. The van der Waals surface area contributed by atoms with Gasteiger partial charge in [0.1, 0.15) is 11.3 Å². The lowest BCUT2D eigenvalue weighted by Crippen LogP contribution is -2.32. The molecule has 1 atom stereocenters. The number of aliphatic hydroxyl groups is 1. The molecule has 0 spiro atoms. The molecule has 6 nitrogen and oxygen atoms in total. The van der Waals surface area contributed by atoms with E-state index in [2.05, 4.69) is 12.2 Å². The normalized spacial score (nSPS) is 12.0. The average Bonchev–Trinajstić information content (AvgIpc) is 2.76. The summed E-state index contributed by atoms with van der Waals surface area (Å²) in [5, 5.41) is 13.7. The Hall–Kier alpha value is -3.12. The third-order valence-electron chi connectivity index (χ3n) is 5.03. The van der Waals surface area contributed by atoms with Gasteiger partial charge in [0, 0.05) is 23.6 Å². The minimum atomic E-state index is -0.784. The minimum absolute atomic E-state index is 0.0958. The zero-order valence-corrected chi connectivity index (χ0v) is 17.3. The summed E-state index contributed by atoms with van der Waals surface area (Å²) in [6.45, 7) is 3.81. The highest BCUT2D eigenvalue weighted by molar-refractivity contribution is 5.85. The van der Waals surface area contributed by atoms with Gasteiger partial charge in [-0.25, -0.2) is 4.79 Å². The second-order valence-corrected chi connectivity index (χ2v) is 7.28. The van der Waals surface area contributed by atoms with Crippen LogP contribution >= 0.6 is 0 Å². The van der Waals surface area contributed by atoms with Crippen molar-refractivity contribution >= 4 is 16.9 Å². The van der Waals surface area contributed by atoms with Crippen LogP contribution < -0.4 is 15.7 Å². The molecule has 1 amide bonds. The quantitative estimate of drug-likeness (QED) is 0.527. The van der Waals surface area contributed by atoms with E-state index in [-0.39, 0.29) is 24.7 Å². The van der Waals surface area contributed by atoms with Gasteiger partial charge in [-0.05, 0) is 43.0 Å². The summed E-state index contributed by atoms with van der Waals surface area (Å²) in [7, 11) is 0. The van der Waals surface area contributed by atoms with Crippen molar-refractivity contribution in [3.8, 4) is 5.75 Å². The Morgan fingerprint density at radius 2 is 1.97 bits per heavy atom. The summed E-state index contributed by atoms with van der Waals surface area (Å²) >= 11 is 0. The van der Waals surface area contributed by atoms with Crippen molar-refractivity contribution in [3.05, 3.63) is 75.6 Å². The molecule has 2 aromatic carbocycles. The van der Waals surface area contributed by atoms with Crippen molar-refractivity contribution in [2.24, 2.45) is 0 Å². The molecule has 0 fully saturated rings. The van der Waals surface area contributed by atoms with Crippen LogP contribution in [0.5, 0.6) is 5.75 Å². The maximum Gasteiger partial charge on any atom is 0.336 e. The first-order chi connectivity index (χ1) is 14.5. The molecule has 0 aliphatic rings. The number of unbranched alkanes of at least 4 members (excludes halogenated alkanes) is 1. The van der Waals surface area contributed by atoms with Gasteiger partial charge in [-0.3, -0.25) is 4.79 Å². The highest BCUT2D eigenvalue weighted by Crippen LogP contribution is 2.29. The average molecular weight is 409 g/mol. The smallest absolute Gasteiger partial charge is 0.336 e. The molecule has 0 aliphatic carbocycles. The van der Waals surface area contributed by atoms with E-state index in [4.69, 9.17) is 9.15 Å². The lowest BCUT2D eigenvalue weighted by atomic mass is 10.0. The molecule has 3 rings (SSSR count). The summed E-state index contributed by atoms with van der Waals surface area (Å²) in [6.07, 6.45) is 2.05. The van der Waals surface area contributed by atoms with E-state index >= 15 is 0 Å². The predicted octanol–water partition coefficient (Wildman–Crippen LogP) is 3.67. The maximum atomic E-state index is 12.1. The number of aryl methyl sites for hydroxylation is 2. The van der Waals surface area contributed by atoms with Crippen molar-refractivity contribution in [1.82, 2.24) is 5.32 Å². The third kappa shape index (κ3) is 5.27. The molecule has 1 heterocycles. The summed E-state index contributed by atoms with van der Waals surface area (Å²) in [4.78, 5) is 24.1. The van der Waals surface area contributed by atoms with Gasteiger partial charge >= 0.3 is 5.63 Å². The van der Waals surface area contributed by atoms with E-state index in [0.717, 1.165) is 35.8 Å². The van der Waals surface area contributed by atoms with Crippen molar-refractivity contribution in [3.63, 3.8) is 0 Å². The first kappa shape index (κ1) is 21.6. The fourth-order valence-electron chi connectivity index (χ4n) is 3.34. The third-order valence-corrected chi connectivity index (χ3v) is 5.03. The Labute approximate surface area is 175 Å². The van der Waals surface area contributed by atoms with Crippen LogP contribution in [0.3, 0.4) is 0 Å². The Bertz CT molecular complexity index is 1060. The molecule has 158 valence electrons. The van der Waals surface area contributed by atoms with Crippen LogP contribution in [0.1, 0.15) is 42.6 Å². The topological polar surface area (TPSA) is 88.8 Å². The Morgan fingerprint density at radius 1 is 1.20 bits per heavy atom. The predicted molar refractivity (Wildman–Crippen MR) is 116 cm³/mol. The van der Waals surface area contributed by atoms with E-state index in [1.165, 1.54) is 0 Å². The minimum Gasteiger partial charge on any atom is -0.483 e. The SMILES string of the molecule is CCCCc1cc(=O)oc2c(C)c(OCC(=O)NCC(O)c3ccccc3)ccc12. The lowest BCUT2D eigenvalue weighted by Gasteiger charge is -2.14. The number of aliphatic hydroxyl groups excluding tert-OH is 1. The first-order valence-electron chi connectivity index (χ1n) is 10.2. The summed E-state index contributed by atoms with van der Waals surface area (Å²) in [5.74, 6) is 0.139. The second kappa shape index (κ2) is 10.1. The van der Waals surface area contributed by atoms with E-state index in [0.29, 0.717) is 16.9 Å². The van der Waals surface area contributed by atoms with Gasteiger partial charge in [-0.15, -0.1) is 0 Å². The Morgan fingerprint density at radius 3 is 2.70 bits per heavy atom. The highest BCUT2D eigenvalue weighted by atomic mass is 16.5. The number of hydrogen-bond donors (Lipinski definition) is 2. The van der Waals surface area contributed by atoms with E-state index in [9.17, 15) is 14.7 Å². The molecule has 1 unspecified atom stereocenters. The van der Waals surface area contributed by atoms with Crippen molar-refractivity contribution in [2.75, 3.05) is 13.2 Å². The summed E-state index contributed by atoms with van der Waals surface area (Å²) in [6, 6.07) is 14.3. The van der Waals surface area contributed by atoms with Crippen LogP contribution in [0, 0.1) is 6.92 Å². The molecular weight excluding hydrogens is 382 g/mol. The number of benzene rings is 2. The van der Waals surface area contributed by atoms with Crippen molar-refractivity contribution in [2.45, 2.75) is 39.2 Å². The Kier molecular flexibility index (Phi) is 7.25. The van der Waals surface area contributed by atoms with Crippen LogP contribution in [-0.2, 0) is 11.2 Å². The molecule has 1 aromatic heterocycles. The number of carbonyl (C=O) groups excluding carboxylic acids is 1.